The zero-order chi connectivity index (χ0) is 18.1. The van der Waals surface area contributed by atoms with Crippen LogP contribution in [0.4, 0.5) is 5.69 Å². The van der Waals surface area contributed by atoms with E-state index in [4.69, 9.17) is 4.99 Å². The van der Waals surface area contributed by atoms with E-state index in [2.05, 4.69) is 66.6 Å². The zero-order valence-electron chi connectivity index (χ0n) is 16.4. The van der Waals surface area contributed by atoms with Crippen molar-refractivity contribution in [2.45, 2.75) is 39.7 Å². The molecule has 0 aliphatic carbocycles. The van der Waals surface area contributed by atoms with Gasteiger partial charge in [0.05, 0.1) is 6.54 Å². The van der Waals surface area contributed by atoms with E-state index in [1.807, 2.05) is 0 Å². The second kappa shape index (κ2) is 10.3. The molecule has 0 unspecified atom stereocenters. The number of nitrogens with one attached hydrogen (secondary N) is 2. The molecule has 2 rings (SSSR count). The molecule has 0 aromatic heterocycles. The Balaban J connectivity index is 1.87. The molecule has 2 N–H and O–H groups in total. The highest BCUT2D eigenvalue weighted by Crippen LogP contribution is 2.17. The van der Waals surface area contributed by atoms with Gasteiger partial charge in [-0.15, -0.1) is 0 Å². The molecule has 5 nitrogen and oxygen atoms in total. The van der Waals surface area contributed by atoms with Crippen molar-refractivity contribution in [3.05, 3.63) is 29.3 Å². The molecule has 0 bridgehead atoms. The van der Waals surface area contributed by atoms with Crippen LogP contribution in [0.25, 0.3) is 0 Å². The smallest absolute Gasteiger partial charge is 0.191 e. The third-order valence-corrected chi connectivity index (χ3v) is 4.76. The van der Waals surface area contributed by atoms with Crippen molar-refractivity contribution in [1.82, 2.24) is 15.5 Å². The maximum Gasteiger partial charge on any atom is 0.191 e. The predicted octanol–water partition coefficient (Wildman–Crippen LogP) is 2.60. The molecule has 1 heterocycles. The van der Waals surface area contributed by atoms with Crippen molar-refractivity contribution in [3.8, 4) is 0 Å². The maximum absolute atomic E-state index is 4.76. The van der Waals surface area contributed by atoms with Crippen LogP contribution in [0, 0.1) is 6.92 Å². The molecule has 5 heteroatoms. The highest BCUT2D eigenvalue weighted by atomic mass is 15.2. The highest BCUT2D eigenvalue weighted by Gasteiger charge is 2.09. The zero-order valence-corrected chi connectivity index (χ0v) is 16.4. The topological polar surface area (TPSA) is 42.9 Å². The van der Waals surface area contributed by atoms with E-state index in [9.17, 15) is 0 Å². The number of likely N-dealkylation sites (tertiary alicyclic amines) is 1. The van der Waals surface area contributed by atoms with E-state index in [1.54, 1.807) is 0 Å². The number of hydrogen-bond donors (Lipinski definition) is 2. The summed E-state index contributed by atoms with van der Waals surface area (Å²) in [5.41, 5.74) is 3.80. The summed E-state index contributed by atoms with van der Waals surface area (Å²) in [5.74, 6) is 0.913. The molecule has 1 aliphatic heterocycles. The predicted molar refractivity (Wildman–Crippen MR) is 109 cm³/mol. The minimum absolute atomic E-state index is 0.707. The van der Waals surface area contributed by atoms with E-state index in [1.165, 1.54) is 49.2 Å². The van der Waals surface area contributed by atoms with Crippen molar-refractivity contribution in [1.29, 1.82) is 0 Å². The first kappa shape index (κ1) is 19.6. The summed E-state index contributed by atoms with van der Waals surface area (Å²) in [6.45, 7) is 10.4. The first-order chi connectivity index (χ1) is 12.1. The van der Waals surface area contributed by atoms with Gasteiger partial charge in [-0.1, -0.05) is 12.5 Å². The van der Waals surface area contributed by atoms with Gasteiger partial charge in [-0.3, -0.25) is 0 Å². The maximum atomic E-state index is 4.76. The van der Waals surface area contributed by atoms with Crippen LogP contribution >= 0.6 is 0 Å². The Bertz CT molecular complexity index is 547. The summed E-state index contributed by atoms with van der Waals surface area (Å²) < 4.78 is 0. The minimum Gasteiger partial charge on any atom is -0.378 e. The van der Waals surface area contributed by atoms with E-state index in [-0.39, 0.29) is 0 Å². The lowest BCUT2D eigenvalue weighted by molar-refractivity contribution is 0.232. The van der Waals surface area contributed by atoms with Crippen LogP contribution in [-0.2, 0) is 6.54 Å². The number of benzene rings is 1. The van der Waals surface area contributed by atoms with Gasteiger partial charge in [0.2, 0.25) is 0 Å². The molecule has 1 saturated heterocycles. The van der Waals surface area contributed by atoms with Gasteiger partial charge >= 0.3 is 0 Å². The number of hydrogen-bond acceptors (Lipinski definition) is 3. The van der Waals surface area contributed by atoms with Crippen molar-refractivity contribution < 1.29 is 0 Å². The van der Waals surface area contributed by atoms with Gasteiger partial charge in [-0.25, -0.2) is 4.99 Å². The highest BCUT2D eigenvalue weighted by molar-refractivity contribution is 5.79. The molecule has 140 valence electrons. The second-order valence-electron chi connectivity index (χ2n) is 7.03. The first-order valence-electron chi connectivity index (χ1n) is 9.61. The van der Waals surface area contributed by atoms with Crippen molar-refractivity contribution in [2.75, 3.05) is 51.7 Å². The number of piperidine rings is 1. The normalized spacial score (nSPS) is 15.9. The van der Waals surface area contributed by atoms with E-state index in [0.29, 0.717) is 6.54 Å². The molecule has 1 aliphatic rings. The lowest BCUT2D eigenvalue weighted by Crippen LogP contribution is -2.42. The van der Waals surface area contributed by atoms with Crippen molar-refractivity contribution in [2.24, 2.45) is 4.99 Å². The number of anilines is 1. The Labute approximate surface area is 153 Å². The third kappa shape index (κ3) is 6.58. The third-order valence-electron chi connectivity index (χ3n) is 4.76. The number of aryl methyl sites for hydroxylation is 1. The van der Waals surface area contributed by atoms with Crippen LogP contribution in [0.3, 0.4) is 0 Å². The molecule has 1 fully saturated rings. The molecule has 1 aromatic rings. The molecule has 0 saturated carbocycles. The molecule has 0 spiro atoms. The molecular formula is C20H35N5. The average Bonchev–Trinajstić information content (AvgIpc) is 2.61. The van der Waals surface area contributed by atoms with Gasteiger partial charge in [-0.2, -0.15) is 0 Å². The number of aliphatic imine (C=N–C) groups is 1. The summed E-state index contributed by atoms with van der Waals surface area (Å²) in [6.07, 6.45) is 4.08. The van der Waals surface area contributed by atoms with Crippen LogP contribution in [0.2, 0.25) is 0 Å². The van der Waals surface area contributed by atoms with Crippen LogP contribution < -0.4 is 15.5 Å². The summed E-state index contributed by atoms with van der Waals surface area (Å²) in [7, 11) is 4.14. The van der Waals surface area contributed by atoms with Crippen molar-refractivity contribution >= 4 is 11.6 Å². The van der Waals surface area contributed by atoms with E-state index >= 15 is 0 Å². The minimum atomic E-state index is 0.707. The van der Waals surface area contributed by atoms with Gasteiger partial charge in [0.1, 0.15) is 0 Å². The Hall–Kier alpha value is -1.75. The average molecular weight is 346 g/mol. The Morgan fingerprint density at radius 3 is 2.56 bits per heavy atom. The van der Waals surface area contributed by atoms with Crippen LogP contribution in [0.15, 0.2) is 23.2 Å². The molecule has 0 amide bonds. The molecule has 0 radical (unpaired) electrons. The monoisotopic (exact) mass is 345 g/mol. The Morgan fingerprint density at radius 2 is 1.92 bits per heavy atom. The first-order valence-corrected chi connectivity index (χ1v) is 9.61. The standard InChI is InChI=1S/C20H35N5/c1-5-21-20(22-11-14-25-12-7-6-8-13-25)23-16-18-9-10-19(24(3)4)15-17(18)2/h9-10,15H,5-8,11-14,16H2,1-4H3,(H2,21,22,23). The Kier molecular flexibility index (Phi) is 8.06. The SMILES string of the molecule is CCNC(=NCc1ccc(N(C)C)cc1C)NCCN1CCCCC1. The molecular weight excluding hydrogens is 310 g/mol. The number of rotatable bonds is 7. The van der Waals surface area contributed by atoms with E-state index in [0.717, 1.165) is 25.6 Å². The van der Waals surface area contributed by atoms with Gasteiger partial charge in [0.25, 0.3) is 0 Å². The van der Waals surface area contributed by atoms with Crippen LogP contribution in [0.1, 0.15) is 37.3 Å². The molecule has 1 aromatic carbocycles. The number of nitrogens with zero attached hydrogens (tertiary/aromatic N) is 3. The summed E-state index contributed by atoms with van der Waals surface area (Å²) in [4.78, 5) is 9.44. The number of guanidine groups is 1. The quantitative estimate of drug-likeness (QED) is 0.589. The molecule has 0 atom stereocenters. The van der Waals surface area contributed by atoms with Crippen molar-refractivity contribution in [3.63, 3.8) is 0 Å². The lowest BCUT2D eigenvalue weighted by atomic mass is 10.1. The van der Waals surface area contributed by atoms with E-state index < -0.39 is 0 Å². The van der Waals surface area contributed by atoms with Gasteiger partial charge in [0, 0.05) is 39.4 Å². The van der Waals surface area contributed by atoms with Gasteiger partial charge in [0.15, 0.2) is 5.96 Å². The Morgan fingerprint density at radius 1 is 1.16 bits per heavy atom. The fourth-order valence-corrected chi connectivity index (χ4v) is 3.16. The lowest BCUT2D eigenvalue weighted by Gasteiger charge is -2.26. The van der Waals surface area contributed by atoms with Crippen LogP contribution in [-0.4, -0.2) is 57.7 Å². The van der Waals surface area contributed by atoms with Gasteiger partial charge < -0.3 is 20.4 Å². The largest absolute Gasteiger partial charge is 0.378 e. The molecule has 25 heavy (non-hydrogen) atoms. The summed E-state index contributed by atoms with van der Waals surface area (Å²) >= 11 is 0. The van der Waals surface area contributed by atoms with Gasteiger partial charge in [-0.05, 0) is 63.0 Å². The second-order valence-corrected chi connectivity index (χ2v) is 7.03. The summed E-state index contributed by atoms with van der Waals surface area (Å²) in [6, 6.07) is 6.57. The van der Waals surface area contributed by atoms with Crippen LogP contribution in [0.5, 0.6) is 0 Å². The summed E-state index contributed by atoms with van der Waals surface area (Å²) in [5, 5.41) is 6.83. The fourth-order valence-electron chi connectivity index (χ4n) is 3.16. The fraction of sp³-hybridized carbons (Fsp3) is 0.650.